The Hall–Kier alpha value is -6.74. The van der Waals surface area contributed by atoms with Gasteiger partial charge in [0.25, 0.3) is 0 Å². The summed E-state index contributed by atoms with van der Waals surface area (Å²) >= 11 is 3.59. The minimum absolute atomic E-state index is 0.421. The van der Waals surface area contributed by atoms with Gasteiger partial charge < -0.3 is 19.3 Å². The van der Waals surface area contributed by atoms with Crippen molar-refractivity contribution in [2.24, 2.45) is 0 Å². The van der Waals surface area contributed by atoms with E-state index in [0.717, 1.165) is 67.5 Å². The molecule has 6 nitrogen and oxygen atoms in total. The van der Waals surface area contributed by atoms with Crippen molar-refractivity contribution in [2.45, 2.75) is 52.7 Å². The molecule has 0 saturated carbocycles. The lowest BCUT2D eigenvalue weighted by molar-refractivity contribution is -0.143. The molecular weight excluding hydrogens is 805 g/mol. The molecule has 0 spiro atoms. The third kappa shape index (κ3) is 8.44. The van der Waals surface area contributed by atoms with Crippen molar-refractivity contribution in [3.8, 4) is 9.75 Å². The van der Waals surface area contributed by atoms with Crippen LogP contribution in [0.4, 0.5) is 32.8 Å². The molecule has 8 rings (SSSR count). The maximum atomic E-state index is 12.0. The number of hydrogen-bond donors (Lipinski definition) is 0. The molecule has 8 aromatic rings. The molecule has 0 aliphatic carbocycles. The van der Waals surface area contributed by atoms with Gasteiger partial charge in [0.2, 0.25) is 0 Å². The van der Waals surface area contributed by atoms with Crippen molar-refractivity contribution in [3.05, 3.63) is 193 Å². The first-order valence-electron chi connectivity index (χ1n) is 20.9. The van der Waals surface area contributed by atoms with Gasteiger partial charge in [-0.3, -0.25) is 0 Å². The fraction of sp³-hybridized carbons (Fsp3) is 0.148. The Morgan fingerprint density at radius 2 is 0.806 bits per heavy atom. The molecule has 0 radical (unpaired) electrons. The average Bonchev–Trinajstić information content (AvgIpc) is 3.88. The number of hydrogen-bond acceptors (Lipinski definition) is 8. The molecular formula is C54H48N2O4S2. The van der Waals surface area contributed by atoms with Crippen molar-refractivity contribution in [2.75, 3.05) is 9.80 Å². The van der Waals surface area contributed by atoms with Crippen molar-refractivity contribution in [1.29, 1.82) is 0 Å². The Bertz CT molecular complexity index is 2680. The van der Waals surface area contributed by atoms with Crippen LogP contribution in [0.1, 0.15) is 62.2 Å². The summed E-state index contributed by atoms with van der Waals surface area (Å²) in [6, 6.07) is 51.5. The summed E-state index contributed by atoms with van der Waals surface area (Å²) in [6.45, 7) is 15.2. The molecule has 0 bridgehead atoms. The zero-order valence-electron chi connectivity index (χ0n) is 35.3. The highest BCUT2D eigenvalue weighted by molar-refractivity contribution is 7.28. The predicted molar refractivity (Wildman–Crippen MR) is 260 cm³/mol. The molecule has 6 aromatic carbocycles. The third-order valence-electron chi connectivity index (χ3n) is 11.2. The monoisotopic (exact) mass is 852 g/mol. The Labute approximate surface area is 371 Å². The van der Waals surface area contributed by atoms with E-state index in [1.165, 1.54) is 43.8 Å². The molecule has 0 aliphatic rings. The smallest absolute Gasteiger partial charge is 0.330 e. The van der Waals surface area contributed by atoms with Gasteiger partial charge in [-0.15, -0.1) is 22.7 Å². The first kappa shape index (κ1) is 42.0. The second kappa shape index (κ2) is 18.5. The highest BCUT2D eigenvalue weighted by atomic mass is 32.1. The number of anilines is 6. The maximum Gasteiger partial charge on any atom is 0.330 e. The number of fused-ring (bicyclic) bond motifs is 2. The average molecular weight is 853 g/mol. The molecule has 2 atom stereocenters. The van der Waals surface area contributed by atoms with Crippen molar-refractivity contribution >= 4 is 88.9 Å². The van der Waals surface area contributed by atoms with E-state index in [2.05, 4.69) is 158 Å². The van der Waals surface area contributed by atoms with Crippen LogP contribution in [0.5, 0.6) is 0 Å². The van der Waals surface area contributed by atoms with Crippen LogP contribution in [-0.2, 0) is 31.9 Å². The number of rotatable bonds is 15. The molecule has 0 aliphatic heterocycles. The number of nitrogens with zero attached hydrogens (tertiary/aromatic N) is 2. The fourth-order valence-corrected chi connectivity index (χ4v) is 10.5. The van der Waals surface area contributed by atoms with E-state index in [-0.39, 0.29) is 0 Å². The van der Waals surface area contributed by atoms with E-state index >= 15 is 0 Å². The minimum Gasteiger partial charge on any atom is -0.455 e. The minimum atomic E-state index is -0.449. The van der Waals surface area contributed by atoms with Crippen molar-refractivity contribution < 1.29 is 19.1 Å². The summed E-state index contributed by atoms with van der Waals surface area (Å²) in [5.41, 5.74) is 8.42. The molecule has 0 N–H and O–H groups in total. The van der Waals surface area contributed by atoms with Crippen LogP contribution in [-0.4, -0.2) is 11.9 Å². The molecule has 0 saturated heterocycles. The van der Waals surface area contributed by atoms with Crippen LogP contribution >= 0.6 is 22.7 Å². The van der Waals surface area contributed by atoms with E-state index in [1.54, 1.807) is 22.7 Å². The highest BCUT2D eigenvalue weighted by Gasteiger charge is 2.26. The SMILES string of the molecule is C=CC(=O)OC(C)c1ccc(N(c2ccc(CC)cc2)c2sc(-c3sc(N(c4ccc(CC)cc4)c4ccc(C(C)OC(=O)C=C)cc4)c4ccccc34)c3ccccc23)cc1. The lowest BCUT2D eigenvalue weighted by Crippen LogP contribution is -2.10. The van der Waals surface area contributed by atoms with E-state index < -0.39 is 24.1 Å². The quantitative estimate of drug-likeness (QED) is 0.0756. The number of esters is 2. The summed E-state index contributed by atoms with van der Waals surface area (Å²) in [5, 5.41) is 6.86. The summed E-state index contributed by atoms with van der Waals surface area (Å²) in [7, 11) is 0. The summed E-state index contributed by atoms with van der Waals surface area (Å²) in [4.78, 5) is 31.1. The Kier molecular flexibility index (Phi) is 12.5. The largest absolute Gasteiger partial charge is 0.455 e. The van der Waals surface area contributed by atoms with Gasteiger partial charge in [-0.1, -0.05) is 124 Å². The van der Waals surface area contributed by atoms with Gasteiger partial charge in [0, 0.05) is 56.4 Å². The Morgan fingerprint density at radius 1 is 0.500 bits per heavy atom. The van der Waals surface area contributed by atoms with Gasteiger partial charge in [0.15, 0.2) is 0 Å². The molecule has 2 aromatic heterocycles. The van der Waals surface area contributed by atoms with Gasteiger partial charge in [-0.05, 0) is 97.5 Å². The van der Waals surface area contributed by atoms with Crippen LogP contribution in [0.25, 0.3) is 31.3 Å². The zero-order valence-corrected chi connectivity index (χ0v) is 37.0. The number of aryl methyl sites for hydroxylation is 2. The van der Waals surface area contributed by atoms with Crippen LogP contribution in [0, 0.1) is 0 Å². The topological polar surface area (TPSA) is 59.1 Å². The molecule has 2 heterocycles. The van der Waals surface area contributed by atoms with Gasteiger partial charge >= 0.3 is 11.9 Å². The van der Waals surface area contributed by atoms with Gasteiger partial charge in [0.05, 0.1) is 9.75 Å². The van der Waals surface area contributed by atoms with E-state index in [1.807, 2.05) is 38.1 Å². The predicted octanol–water partition coefficient (Wildman–Crippen LogP) is 15.4. The van der Waals surface area contributed by atoms with Crippen LogP contribution < -0.4 is 9.80 Å². The number of carbonyl (C=O) groups excluding carboxylic acids is 2. The highest BCUT2D eigenvalue weighted by Crippen LogP contribution is 2.55. The first-order valence-corrected chi connectivity index (χ1v) is 22.5. The third-order valence-corrected chi connectivity index (χ3v) is 13.8. The first-order chi connectivity index (χ1) is 30.2. The normalized spacial score (nSPS) is 12.1. The van der Waals surface area contributed by atoms with Gasteiger partial charge in [-0.2, -0.15) is 0 Å². The summed E-state index contributed by atoms with van der Waals surface area (Å²) < 4.78 is 11.1. The molecule has 62 heavy (non-hydrogen) atoms. The number of carbonyl (C=O) groups is 2. The summed E-state index contributed by atoms with van der Waals surface area (Å²) in [5.74, 6) is -0.898. The van der Waals surface area contributed by atoms with Crippen LogP contribution in [0.3, 0.4) is 0 Å². The van der Waals surface area contributed by atoms with Crippen molar-refractivity contribution in [3.63, 3.8) is 0 Å². The van der Waals surface area contributed by atoms with E-state index in [4.69, 9.17) is 9.47 Å². The van der Waals surface area contributed by atoms with Crippen molar-refractivity contribution in [1.82, 2.24) is 0 Å². The number of ether oxygens (including phenoxy) is 2. The lowest BCUT2D eigenvalue weighted by atomic mass is 10.1. The second-order valence-electron chi connectivity index (χ2n) is 15.0. The van der Waals surface area contributed by atoms with E-state index in [0.29, 0.717) is 0 Å². The van der Waals surface area contributed by atoms with E-state index in [9.17, 15) is 9.59 Å². The molecule has 0 amide bonds. The zero-order chi connectivity index (χ0) is 43.3. The summed E-state index contributed by atoms with van der Waals surface area (Å²) in [6.07, 6.45) is 3.44. The van der Waals surface area contributed by atoms with Gasteiger partial charge in [-0.25, -0.2) is 9.59 Å². The number of thiophene rings is 2. The number of benzene rings is 6. The lowest BCUT2D eigenvalue weighted by Gasteiger charge is -2.25. The fourth-order valence-electron chi connectivity index (χ4n) is 7.72. The second-order valence-corrected chi connectivity index (χ2v) is 17.0. The van der Waals surface area contributed by atoms with Crippen LogP contribution in [0.15, 0.2) is 171 Å². The standard InChI is InChI=1S/C54H48N2O4S2/c1-7-37-19-27-41(28-20-37)55(43-31-23-39(24-32-43)35(5)59-49(57)9-3)53-47-17-13-11-15-45(47)51(61-53)52-46-16-12-14-18-48(46)54(62-52)56(42-29-21-38(8-2)22-30-42)44-33-25-40(26-34-44)36(6)60-50(58)10-4/h9-36H,3-4,7-8H2,1-2,5-6H3. The maximum absolute atomic E-state index is 12.0. The van der Waals surface area contributed by atoms with Gasteiger partial charge in [0.1, 0.15) is 22.2 Å². The molecule has 0 fully saturated rings. The molecule has 8 heteroatoms. The molecule has 310 valence electrons. The Morgan fingerprint density at radius 3 is 1.11 bits per heavy atom. The molecule has 2 unspecified atom stereocenters. The Balaban J connectivity index is 1.29. The van der Waals surface area contributed by atoms with Crippen LogP contribution in [0.2, 0.25) is 0 Å².